The summed E-state index contributed by atoms with van der Waals surface area (Å²) in [4.78, 5) is 15.4. The van der Waals surface area contributed by atoms with Gasteiger partial charge in [-0.05, 0) is 56.0 Å². The summed E-state index contributed by atoms with van der Waals surface area (Å²) in [5.74, 6) is -0.0485. The molecule has 0 bridgehead atoms. The van der Waals surface area contributed by atoms with E-state index in [9.17, 15) is 13.2 Å². The molecule has 0 atom stereocenters. The highest BCUT2D eigenvalue weighted by Gasteiger charge is 2.33. The second-order valence-corrected chi connectivity index (χ2v) is 10.3. The highest BCUT2D eigenvalue weighted by Crippen LogP contribution is 2.30. The highest BCUT2D eigenvalue weighted by molar-refractivity contribution is 7.89. The summed E-state index contributed by atoms with van der Waals surface area (Å²) < 4.78 is 30.4. The van der Waals surface area contributed by atoms with Gasteiger partial charge in [0.1, 0.15) is 0 Å². The predicted octanol–water partition coefficient (Wildman–Crippen LogP) is 3.56. The molecule has 0 saturated carbocycles. The van der Waals surface area contributed by atoms with E-state index in [0.29, 0.717) is 36.6 Å². The molecule has 2 heterocycles. The number of aryl methyl sites for hydroxylation is 3. The van der Waals surface area contributed by atoms with E-state index in [1.54, 1.807) is 4.90 Å². The molecular formula is C24H29N3O3S. The van der Waals surface area contributed by atoms with Crippen LogP contribution >= 0.6 is 0 Å². The van der Waals surface area contributed by atoms with Crippen LogP contribution in [0.2, 0.25) is 0 Å². The first kappa shape index (κ1) is 21.6. The Kier molecular flexibility index (Phi) is 5.43. The van der Waals surface area contributed by atoms with Crippen molar-refractivity contribution in [2.75, 3.05) is 26.2 Å². The van der Waals surface area contributed by atoms with Crippen molar-refractivity contribution in [2.45, 2.75) is 32.6 Å². The minimum absolute atomic E-state index is 0.0485. The van der Waals surface area contributed by atoms with Crippen LogP contribution in [0.5, 0.6) is 0 Å². The van der Waals surface area contributed by atoms with Gasteiger partial charge in [0.15, 0.2) is 0 Å². The van der Waals surface area contributed by atoms with Crippen molar-refractivity contribution in [3.8, 4) is 0 Å². The van der Waals surface area contributed by atoms with Crippen molar-refractivity contribution >= 4 is 26.8 Å². The van der Waals surface area contributed by atoms with Gasteiger partial charge < -0.3 is 9.47 Å². The summed E-state index contributed by atoms with van der Waals surface area (Å²) in [6, 6.07) is 9.86. The van der Waals surface area contributed by atoms with Crippen molar-refractivity contribution in [1.82, 2.24) is 13.8 Å². The molecule has 4 rings (SSSR count). The molecule has 164 valence electrons. The van der Waals surface area contributed by atoms with Crippen LogP contribution in [0.1, 0.15) is 32.6 Å². The number of carbonyl (C=O) groups is 1. The van der Waals surface area contributed by atoms with Gasteiger partial charge in [0.25, 0.3) is 5.91 Å². The van der Waals surface area contributed by atoms with Crippen LogP contribution in [0.25, 0.3) is 10.9 Å². The van der Waals surface area contributed by atoms with Crippen LogP contribution in [0.4, 0.5) is 0 Å². The molecular weight excluding hydrogens is 410 g/mol. The summed E-state index contributed by atoms with van der Waals surface area (Å²) >= 11 is 0. The molecule has 2 aromatic carbocycles. The lowest BCUT2D eigenvalue weighted by molar-refractivity contribution is 0.0699. The Labute approximate surface area is 184 Å². The third kappa shape index (κ3) is 3.55. The largest absolute Gasteiger partial charge is 0.350 e. The van der Waals surface area contributed by atoms with E-state index >= 15 is 0 Å². The number of piperazine rings is 1. The van der Waals surface area contributed by atoms with Gasteiger partial charge in [-0.2, -0.15) is 4.31 Å². The lowest BCUT2D eigenvalue weighted by atomic mass is 10.0. The van der Waals surface area contributed by atoms with E-state index in [1.165, 1.54) is 4.31 Å². The Balaban J connectivity index is 1.57. The molecule has 6 nitrogen and oxygen atoms in total. The monoisotopic (exact) mass is 439 g/mol. The number of fused-ring (bicyclic) bond motifs is 1. The van der Waals surface area contributed by atoms with Crippen molar-refractivity contribution in [3.63, 3.8) is 0 Å². The average molecular weight is 440 g/mol. The van der Waals surface area contributed by atoms with Crippen LogP contribution in [0.3, 0.4) is 0 Å². The number of amides is 1. The number of aromatic nitrogens is 1. The maximum absolute atomic E-state index is 13.5. The average Bonchev–Trinajstić information content (AvgIpc) is 3.09. The van der Waals surface area contributed by atoms with Gasteiger partial charge in [-0.1, -0.05) is 24.3 Å². The summed E-state index contributed by atoms with van der Waals surface area (Å²) in [5.41, 5.74) is 5.23. The zero-order valence-electron chi connectivity index (χ0n) is 18.8. The molecule has 1 aliphatic heterocycles. The normalized spacial score (nSPS) is 15.6. The number of nitrogens with zero attached hydrogens (tertiary/aromatic N) is 3. The molecule has 31 heavy (non-hydrogen) atoms. The molecule has 0 aliphatic carbocycles. The van der Waals surface area contributed by atoms with Crippen molar-refractivity contribution < 1.29 is 13.2 Å². The van der Waals surface area contributed by atoms with Gasteiger partial charge in [0.2, 0.25) is 10.0 Å². The number of benzene rings is 2. The van der Waals surface area contributed by atoms with E-state index < -0.39 is 10.0 Å². The molecule has 0 N–H and O–H groups in total. The minimum Gasteiger partial charge on any atom is -0.350 e. The van der Waals surface area contributed by atoms with Crippen molar-refractivity contribution in [2.24, 2.45) is 7.05 Å². The van der Waals surface area contributed by atoms with Crippen molar-refractivity contribution in [1.29, 1.82) is 0 Å². The third-order valence-electron chi connectivity index (χ3n) is 6.55. The van der Waals surface area contributed by atoms with Gasteiger partial charge in [-0.15, -0.1) is 0 Å². The Morgan fingerprint density at radius 1 is 0.903 bits per heavy atom. The number of hydrogen-bond acceptors (Lipinski definition) is 3. The first-order valence-corrected chi connectivity index (χ1v) is 12.0. The van der Waals surface area contributed by atoms with Gasteiger partial charge in [0, 0.05) is 50.3 Å². The van der Waals surface area contributed by atoms with E-state index in [1.807, 2.05) is 75.8 Å². The lowest BCUT2D eigenvalue weighted by Crippen LogP contribution is -2.50. The fourth-order valence-corrected chi connectivity index (χ4v) is 6.51. The topological polar surface area (TPSA) is 62.6 Å². The lowest BCUT2D eigenvalue weighted by Gasteiger charge is -2.34. The van der Waals surface area contributed by atoms with Crippen LogP contribution in [-0.2, 0) is 17.1 Å². The van der Waals surface area contributed by atoms with Crippen molar-refractivity contribution in [3.05, 3.63) is 64.3 Å². The van der Waals surface area contributed by atoms with E-state index in [-0.39, 0.29) is 5.91 Å². The number of carbonyl (C=O) groups excluding carboxylic acids is 1. The van der Waals surface area contributed by atoms with Crippen LogP contribution in [-0.4, -0.2) is 54.3 Å². The van der Waals surface area contributed by atoms with Crippen LogP contribution in [0.15, 0.2) is 41.4 Å². The molecule has 1 aliphatic rings. The predicted molar refractivity (Wildman–Crippen MR) is 123 cm³/mol. The number of para-hydroxylation sites is 1. The SMILES string of the molecule is Cc1cc(C)c(C)c(S(=O)(=O)N2CCN(C(=O)c3cn(C)c4ccccc34)CC2)c1C. The van der Waals surface area contributed by atoms with Gasteiger partial charge in [-0.25, -0.2) is 8.42 Å². The smallest absolute Gasteiger partial charge is 0.256 e. The third-order valence-corrected chi connectivity index (χ3v) is 8.72. The Bertz CT molecular complexity index is 1260. The molecule has 0 spiro atoms. The highest BCUT2D eigenvalue weighted by atomic mass is 32.2. The first-order chi connectivity index (χ1) is 14.6. The van der Waals surface area contributed by atoms with E-state index in [4.69, 9.17) is 0 Å². The maximum atomic E-state index is 13.5. The minimum atomic E-state index is -3.62. The Morgan fingerprint density at radius 3 is 2.10 bits per heavy atom. The Morgan fingerprint density at radius 2 is 1.48 bits per heavy atom. The second-order valence-electron chi connectivity index (χ2n) is 8.46. The summed E-state index contributed by atoms with van der Waals surface area (Å²) in [5, 5.41) is 0.923. The molecule has 1 amide bonds. The summed E-state index contributed by atoms with van der Waals surface area (Å²) in [6.07, 6.45) is 1.86. The van der Waals surface area contributed by atoms with Gasteiger partial charge in [-0.3, -0.25) is 4.79 Å². The number of hydrogen-bond donors (Lipinski definition) is 0. The molecule has 0 unspecified atom stereocenters. The van der Waals surface area contributed by atoms with E-state index in [0.717, 1.165) is 33.2 Å². The quantitative estimate of drug-likeness (QED) is 0.627. The zero-order valence-corrected chi connectivity index (χ0v) is 19.6. The standard InChI is InChI=1S/C24H29N3O3S/c1-16-14-17(2)19(4)23(18(16)3)31(29,30)27-12-10-26(11-13-27)24(28)21-15-25(5)22-9-7-6-8-20(21)22/h6-9,14-15H,10-13H2,1-5H3. The number of sulfonamides is 1. The molecule has 1 aromatic heterocycles. The zero-order chi connectivity index (χ0) is 22.5. The van der Waals surface area contributed by atoms with E-state index in [2.05, 4.69) is 0 Å². The first-order valence-electron chi connectivity index (χ1n) is 10.5. The second kappa shape index (κ2) is 7.80. The number of rotatable bonds is 3. The summed E-state index contributed by atoms with van der Waals surface area (Å²) in [6.45, 7) is 8.98. The van der Waals surface area contributed by atoms with Crippen LogP contribution < -0.4 is 0 Å². The fraction of sp³-hybridized carbons (Fsp3) is 0.375. The molecule has 3 aromatic rings. The summed E-state index contributed by atoms with van der Waals surface area (Å²) in [7, 11) is -1.69. The molecule has 0 radical (unpaired) electrons. The maximum Gasteiger partial charge on any atom is 0.256 e. The molecule has 1 saturated heterocycles. The van der Waals surface area contributed by atoms with Gasteiger partial charge in [0.05, 0.1) is 10.5 Å². The fourth-order valence-electron chi connectivity index (χ4n) is 4.51. The molecule has 1 fully saturated rings. The molecule has 7 heteroatoms. The van der Waals surface area contributed by atoms with Gasteiger partial charge >= 0.3 is 0 Å². The van der Waals surface area contributed by atoms with Crippen LogP contribution in [0, 0.1) is 27.7 Å². The Hall–Kier alpha value is -2.64.